The molecule has 110 valence electrons. The van der Waals surface area contributed by atoms with Gasteiger partial charge in [0, 0.05) is 6.61 Å². The Morgan fingerprint density at radius 3 is 2.29 bits per heavy atom. The summed E-state index contributed by atoms with van der Waals surface area (Å²) in [6, 6.07) is 18.8. The van der Waals surface area contributed by atoms with Gasteiger partial charge in [-0.3, -0.25) is 0 Å². The summed E-state index contributed by atoms with van der Waals surface area (Å²) in [6.07, 6.45) is -0.0362. The number of benzene rings is 2. The van der Waals surface area contributed by atoms with Crippen molar-refractivity contribution in [2.75, 3.05) is 6.61 Å². The minimum absolute atomic E-state index is 0.00146. The first-order chi connectivity index (χ1) is 10.3. The van der Waals surface area contributed by atoms with Crippen LogP contribution in [0.1, 0.15) is 23.6 Å². The van der Waals surface area contributed by atoms with E-state index in [0.29, 0.717) is 6.42 Å². The quantitative estimate of drug-likeness (QED) is 0.857. The van der Waals surface area contributed by atoms with Crippen molar-refractivity contribution in [3.05, 3.63) is 71.8 Å². The van der Waals surface area contributed by atoms with Crippen LogP contribution in [0.4, 0.5) is 4.79 Å². The SMILES string of the molecule is O=C(N[C@H](CCO)c1ccccc1)OCc1ccccc1. The predicted octanol–water partition coefficient (Wildman–Crippen LogP) is 3.04. The van der Waals surface area contributed by atoms with Gasteiger partial charge in [0.1, 0.15) is 6.61 Å². The normalized spacial score (nSPS) is 11.7. The maximum Gasteiger partial charge on any atom is 0.407 e. The number of aliphatic hydroxyl groups excluding tert-OH is 1. The molecule has 0 aromatic heterocycles. The second-order valence-electron chi connectivity index (χ2n) is 4.68. The largest absolute Gasteiger partial charge is 0.445 e. The molecule has 4 nitrogen and oxygen atoms in total. The van der Waals surface area contributed by atoms with Crippen molar-refractivity contribution in [1.29, 1.82) is 0 Å². The lowest BCUT2D eigenvalue weighted by molar-refractivity contribution is 0.133. The van der Waals surface area contributed by atoms with Crippen LogP contribution in [0.5, 0.6) is 0 Å². The summed E-state index contributed by atoms with van der Waals surface area (Å²) in [7, 11) is 0. The summed E-state index contributed by atoms with van der Waals surface area (Å²) >= 11 is 0. The summed E-state index contributed by atoms with van der Waals surface area (Å²) in [6.45, 7) is 0.228. The molecule has 0 heterocycles. The first-order valence-corrected chi connectivity index (χ1v) is 6.92. The maximum atomic E-state index is 11.9. The molecule has 4 heteroatoms. The van der Waals surface area contributed by atoms with Gasteiger partial charge in [-0.1, -0.05) is 60.7 Å². The molecule has 0 saturated carbocycles. The second kappa shape index (κ2) is 8.07. The fourth-order valence-corrected chi connectivity index (χ4v) is 2.04. The number of hydrogen-bond donors (Lipinski definition) is 2. The van der Waals surface area contributed by atoms with Crippen LogP contribution in [0.2, 0.25) is 0 Å². The smallest absolute Gasteiger partial charge is 0.407 e. The van der Waals surface area contributed by atoms with Gasteiger partial charge in [0.15, 0.2) is 0 Å². The van der Waals surface area contributed by atoms with Gasteiger partial charge in [-0.25, -0.2) is 4.79 Å². The van der Waals surface area contributed by atoms with Crippen LogP contribution in [0.3, 0.4) is 0 Å². The number of amides is 1. The third-order valence-corrected chi connectivity index (χ3v) is 3.12. The van der Waals surface area contributed by atoms with Gasteiger partial charge >= 0.3 is 6.09 Å². The molecule has 2 N–H and O–H groups in total. The van der Waals surface area contributed by atoms with Crippen LogP contribution in [0.15, 0.2) is 60.7 Å². The van der Waals surface area contributed by atoms with Crippen LogP contribution < -0.4 is 5.32 Å². The third kappa shape index (κ3) is 4.93. The van der Waals surface area contributed by atoms with Crippen molar-refractivity contribution in [2.45, 2.75) is 19.1 Å². The van der Waals surface area contributed by atoms with Gasteiger partial charge in [-0.2, -0.15) is 0 Å². The maximum absolute atomic E-state index is 11.9. The Morgan fingerprint density at radius 2 is 1.67 bits per heavy atom. The standard InChI is InChI=1S/C17H19NO3/c19-12-11-16(15-9-5-2-6-10-15)18-17(20)21-13-14-7-3-1-4-8-14/h1-10,16,19H,11-13H2,(H,18,20)/t16-/m1/s1. The van der Waals surface area contributed by atoms with Crippen molar-refractivity contribution < 1.29 is 14.6 Å². The number of carbonyl (C=O) groups excluding carboxylic acids is 1. The Labute approximate surface area is 124 Å². The molecule has 0 aliphatic carbocycles. The van der Waals surface area contributed by atoms with E-state index < -0.39 is 6.09 Å². The van der Waals surface area contributed by atoms with Gasteiger partial charge in [-0.05, 0) is 17.5 Å². The number of nitrogens with one attached hydrogen (secondary N) is 1. The minimum atomic E-state index is -0.485. The van der Waals surface area contributed by atoms with Crippen molar-refractivity contribution >= 4 is 6.09 Å². The van der Waals surface area contributed by atoms with Gasteiger partial charge in [0.25, 0.3) is 0 Å². The average molecular weight is 285 g/mol. The molecule has 0 aliphatic heterocycles. The van der Waals surface area contributed by atoms with E-state index in [4.69, 9.17) is 9.84 Å². The van der Waals surface area contributed by atoms with Crippen LogP contribution in [-0.4, -0.2) is 17.8 Å². The molecular weight excluding hydrogens is 266 g/mol. The van der Waals surface area contributed by atoms with Gasteiger partial charge in [0.2, 0.25) is 0 Å². The lowest BCUT2D eigenvalue weighted by atomic mass is 10.0. The molecule has 0 fully saturated rings. The van der Waals surface area contributed by atoms with Crippen LogP contribution in [0, 0.1) is 0 Å². The molecular formula is C17H19NO3. The van der Waals surface area contributed by atoms with Crippen LogP contribution in [-0.2, 0) is 11.3 Å². The fourth-order valence-electron chi connectivity index (χ4n) is 2.04. The Kier molecular flexibility index (Phi) is 5.79. The fraction of sp³-hybridized carbons (Fsp3) is 0.235. The minimum Gasteiger partial charge on any atom is -0.445 e. The van der Waals surface area contributed by atoms with Crippen LogP contribution >= 0.6 is 0 Å². The van der Waals surface area contributed by atoms with E-state index in [9.17, 15) is 4.79 Å². The van der Waals surface area contributed by atoms with Crippen molar-refractivity contribution in [3.63, 3.8) is 0 Å². The van der Waals surface area contributed by atoms with Gasteiger partial charge in [-0.15, -0.1) is 0 Å². The van der Waals surface area contributed by atoms with E-state index in [2.05, 4.69) is 5.32 Å². The van der Waals surface area contributed by atoms with E-state index in [1.165, 1.54) is 0 Å². The van der Waals surface area contributed by atoms with Crippen molar-refractivity contribution in [1.82, 2.24) is 5.32 Å². The van der Waals surface area contributed by atoms with Gasteiger partial charge in [0.05, 0.1) is 6.04 Å². The van der Waals surface area contributed by atoms with Crippen LogP contribution in [0.25, 0.3) is 0 Å². The lowest BCUT2D eigenvalue weighted by Crippen LogP contribution is -2.29. The highest BCUT2D eigenvalue weighted by atomic mass is 16.5. The molecule has 21 heavy (non-hydrogen) atoms. The second-order valence-corrected chi connectivity index (χ2v) is 4.68. The summed E-state index contributed by atoms with van der Waals surface area (Å²) < 4.78 is 5.19. The zero-order valence-corrected chi connectivity index (χ0v) is 11.7. The lowest BCUT2D eigenvalue weighted by Gasteiger charge is -2.18. The third-order valence-electron chi connectivity index (χ3n) is 3.12. The molecule has 0 radical (unpaired) electrons. The summed E-state index contributed by atoms with van der Waals surface area (Å²) in [5.41, 5.74) is 1.88. The monoisotopic (exact) mass is 285 g/mol. The topological polar surface area (TPSA) is 58.6 Å². The Balaban J connectivity index is 1.89. The Morgan fingerprint density at radius 1 is 1.05 bits per heavy atom. The highest BCUT2D eigenvalue weighted by molar-refractivity contribution is 5.67. The summed E-state index contributed by atoms with van der Waals surface area (Å²) in [5.74, 6) is 0. The predicted molar refractivity (Wildman–Crippen MR) is 80.6 cm³/mol. The zero-order chi connectivity index (χ0) is 14.9. The molecule has 1 atom stereocenters. The number of hydrogen-bond acceptors (Lipinski definition) is 3. The molecule has 2 rings (SSSR count). The molecule has 1 amide bonds. The molecule has 0 spiro atoms. The summed E-state index contributed by atoms with van der Waals surface area (Å²) in [5, 5.41) is 11.9. The van der Waals surface area contributed by atoms with Crippen molar-refractivity contribution in [3.8, 4) is 0 Å². The molecule has 0 unspecified atom stereocenters. The number of aliphatic hydroxyl groups is 1. The highest BCUT2D eigenvalue weighted by Crippen LogP contribution is 2.16. The number of ether oxygens (including phenoxy) is 1. The molecule has 0 aliphatic rings. The summed E-state index contributed by atoms with van der Waals surface area (Å²) in [4.78, 5) is 11.9. The number of alkyl carbamates (subject to hydrolysis) is 1. The molecule has 0 saturated heterocycles. The first kappa shape index (κ1) is 15.1. The number of carbonyl (C=O) groups is 1. The molecule has 2 aromatic carbocycles. The molecule has 0 bridgehead atoms. The van der Waals surface area contributed by atoms with Crippen molar-refractivity contribution in [2.24, 2.45) is 0 Å². The van der Waals surface area contributed by atoms with E-state index in [0.717, 1.165) is 11.1 Å². The Bertz CT molecular complexity index is 542. The number of rotatable bonds is 6. The molecule has 2 aromatic rings. The van der Waals surface area contributed by atoms with E-state index in [-0.39, 0.29) is 19.3 Å². The highest BCUT2D eigenvalue weighted by Gasteiger charge is 2.14. The average Bonchev–Trinajstić information content (AvgIpc) is 2.54. The van der Waals surface area contributed by atoms with E-state index in [1.807, 2.05) is 60.7 Å². The van der Waals surface area contributed by atoms with E-state index >= 15 is 0 Å². The first-order valence-electron chi connectivity index (χ1n) is 6.92. The van der Waals surface area contributed by atoms with E-state index in [1.54, 1.807) is 0 Å². The Hall–Kier alpha value is -2.33. The zero-order valence-electron chi connectivity index (χ0n) is 11.7. The van der Waals surface area contributed by atoms with Gasteiger partial charge < -0.3 is 15.2 Å².